The maximum Gasteiger partial charge on any atom is 0.230 e. The van der Waals surface area contributed by atoms with Gasteiger partial charge in [0, 0.05) is 10.9 Å². The number of nitrogens with one attached hydrogen (secondary N) is 1. The second-order valence-corrected chi connectivity index (χ2v) is 6.80. The van der Waals surface area contributed by atoms with E-state index in [-0.39, 0.29) is 12.3 Å². The number of aryl methyl sites for hydroxylation is 2. The van der Waals surface area contributed by atoms with Crippen molar-refractivity contribution in [3.63, 3.8) is 0 Å². The molecule has 1 amide bonds. The molecule has 1 heterocycles. The van der Waals surface area contributed by atoms with E-state index in [2.05, 4.69) is 29.4 Å². The number of thiazole rings is 1. The molecular weight excluding hydrogens is 332 g/mol. The number of ether oxygens (including phenoxy) is 1. The van der Waals surface area contributed by atoms with Crippen LogP contribution in [0.15, 0.2) is 47.8 Å². The fourth-order valence-corrected chi connectivity index (χ4v) is 3.39. The van der Waals surface area contributed by atoms with Gasteiger partial charge < -0.3 is 10.1 Å². The number of hydrogen-bond acceptors (Lipinski definition) is 4. The fourth-order valence-electron chi connectivity index (χ4n) is 2.58. The van der Waals surface area contributed by atoms with E-state index >= 15 is 0 Å². The van der Waals surface area contributed by atoms with Crippen LogP contribution in [0.25, 0.3) is 10.6 Å². The van der Waals surface area contributed by atoms with Gasteiger partial charge >= 0.3 is 0 Å². The molecule has 0 bridgehead atoms. The molecule has 0 saturated carbocycles. The van der Waals surface area contributed by atoms with Gasteiger partial charge in [-0.1, -0.05) is 29.8 Å². The number of amides is 1. The Bertz CT molecular complexity index is 902. The molecule has 0 unspecified atom stereocenters. The minimum atomic E-state index is -0.106. The molecule has 0 fully saturated rings. The Morgan fingerprint density at radius 1 is 1.16 bits per heavy atom. The predicted molar refractivity (Wildman–Crippen MR) is 102 cm³/mol. The summed E-state index contributed by atoms with van der Waals surface area (Å²) in [6, 6.07) is 13.9. The van der Waals surface area contributed by atoms with Crippen molar-refractivity contribution in [2.24, 2.45) is 0 Å². The van der Waals surface area contributed by atoms with E-state index in [0.717, 1.165) is 21.8 Å². The zero-order valence-corrected chi connectivity index (χ0v) is 15.3. The third-order valence-electron chi connectivity index (χ3n) is 3.79. The molecule has 0 aliphatic carbocycles. The van der Waals surface area contributed by atoms with E-state index in [1.807, 2.05) is 42.6 Å². The van der Waals surface area contributed by atoms with E-state index < -0.39 is 0 Å². The lowest BCUT2D eigenvalue weighted by Crippen LogP contribution is -2.15. The van der Waals surface area contributed by atoms with Crippen LogP contribution in [0.1, 0.15) is 16.8 Å². The SMILES string of the molecule is COc1ccc(C)cc1NC(=O)Cc1csc(-c2cccc(C)c2)n1. The van der Waals surface area contributed by atoms with Crippen molar-refractivity contribution >= 4 is 22.9 Å². The molecule has 0 radical (unpaired) electrons. The predicted octanol–water partition coefficient (Wildman–Crippen LogP) is 4.62. The van der Waals surface area contributed by atoms with Crippen LogP contribution in [0.2, 0.25) is 0 Å². The average molecular weight is 352 g/mol. The van der Waals surface area contributed by atoms with Crippen molar-refractivity contribution in [2.45, 2.75) is 20.3 Å². The van der Waals surface area contributed by atoms with Crippen molar-refractivity contribution in [1.82, 2.24) is 4.98 Å². The zero-order chi connectivity index (χ0) is 17.8. The fraction of sp³-hybridized carbons (Fsp3) is 0.200. The molecule has 3 aromatic rings. The molecule has 25 heavy (non-hydrogen) atoms. The molecule has 2 aromatic carbocycles. The summed E-state index contributed by atoms with van der Waals surface area (Å²) in [5.41, 5.74) is 4.79. The molecule has 5 heteroatoms. The number of carbonyl (C=O) groups is 1. The van der Waals surface area contributed by atoms with Crippen molar-refractivity contribution in [3.8, 4) is 16.3 Å². The highest BCUT2D eigenvalue weighted by atomic mass is 32.1. The molecule has 0 aliphatic rings. The summed E-state index contributed by atoms with van der Waals surface area (Å²) in [6.07, 6.45) is 0.236. The number of carbonyl (C=O) groups excluding carboxylic acids is 1. The summed E-state index contributed by atoms with van der Waals surface area (Å²) < 4.78 is 5.30. The lowest BCUT2D eigenvalue weighted by Gasteiger charge is -2.10. The molecule has 0 saturated heterocycles. The Morgan fingerprint density at radius 2 is 1.96 bits per heavy atom. The maximum atomic E-state index is 12.4. The van der Waals surface area contributed by atoms with Gasteiger partial charge in [-0.3, -0.25) is 4.79 Å². The molecule has 0 spiro atoms. The van der Waals surface area contributed by atoms with Gasteiger partial charge in [0.1, 0.15) is 10.8 Å². The summed E-state index contributed by atoms with van der Waals surface area (Å²) in [5.74, 6) is 0.544. The number of anilines is 1. The highest BCUT2D eigenvalue weighted by Crippen LogP contribution is 2.27. The van der Waals surface area contributed by atoms with Crippen LogP contribution >= 0.6 is 11.3 Å². The van der Waals surface area contributed by atoms with E-state index in [1.165, 1.54) is 5.56 Å². The van der Waals surface area contributed by atoms with Crippen LogP contribution in [-0.4, -0.2) is 18.0 Å². The highest BCUT2D eigenvalue weighted by molar-refractivity contribution is 7.13. The zero-order valence-electron chi connectivity index (χ0n) is 14.5. The number of hydrogen-bond donors (Lipinski definition) is 1. The minimum absolute atomic E-state index is 0.106. The molecule has 1 N–H and O–H groups in total. The lowest BCUT2D eigenvalue weighted by atomic mass is 10.1. The molecule has 0 aliphatic heterocycles. The van der Waals surface area contributed by atoms with Gasteiger partial charge in [-0.05, 0) is 37.6 Å². The number of nitrogens with zero attached hydrogens (tertiary/aromatic N) is 1. The van der Waals surface area contributed by atoms with Crippen LogP contribution in [-0.2, 0) is 11.2 Å². The third kappa shape index (κ3) is 4.25. The van der Waals surface area contributed by atoms with Crippen molar-refractivity contribution in [3.05, 3.63) is 64.7 Å². The van der Waals surface area contributed by atoms with Crippen LogP contribution < -0.4 is 10.1 Å². The first kappa shape index (κ1) is 17.2. The smallest absolute Gasteiger partial charge is 0.230 e. The van der Waals surface area contributed by atoms with E-state index in [0.29, 0.717) is 11.4 Å². The molecule has 4 nitrogen and oxygen atoms in total. The Hall–Kier alpha value is -2.66. The van der Waals surface area contributed by atoms with Crippen molar-refractivity contribution in [2.75, 3.05) is 12.4 Å². The maximum absolute atomic E-state index is 12.4. The van der Waals surface area contributed by atoms with Gasteiger partial charge in [0.05, 0.1) is 24.9 Å². The number of aromatic nitrogens is 1. The summed E-state index contributed by atoms with van der Waals surface area (Å²) in [6.45, 7) is 4.03. The van der Waals surface area contributed by atoms with Gasteiger partial charge in [-0.2, -0.15) is 0 Å². The molecule has 3 rings (SSSR count). The first-order chi connectivity index (χ1) is 12.0. The summed E-state index contributed by atoms with van der Waals surface area (Å²) in [7, 11) is 1.59. The van der Waals surface area contributed by atoms with Crippen LogP contribution in [0.3, 0.4) is 0 Å². The Labute approximate surface area is 151 Å². The molecular formula is C20H20N2O2S. The quantitative estimate of drug-likeness (QED) is 0.729. The van der Waals surface area contributed by atoms with E-state index in [4.69, 9.17) is 4.74 Å². The van der Waals surface area contributed by atoms with Gasteiger partial charge in [-0.15, -0.1) is 11.3 Å². The minimum Gasteiger partial charge on any atom is -0.495 e. The summed E-state index contributed by atoms with van der Waals surface area (Å²) >= 11 is 1.55. The highest BCUT2D eigenvalue weighted by Gasteiger charge is 2.12. The summed E-state index contributed by atoms with van der Waals surface area (Å²) in [4.78, 5) is 16.9. The third-order valence-corrected chi connectivity index (χ3v) is 4.73. The van der Waals surface area contributed by atoms with Crippen LogP contribution in [0.4, 0.5) is 5.69 Å². The van der Waals surface area contributed by atoms with Crippen LogP contribution in [0.5, 0.6) is 5.75 Å². The number of benzene rings is 2. The second-order valence-electron chi connectivity index (χ2n) is 5.94. The van der Waals surface area contributed by atoms with Gasteiger partial charge in [0.2, 0.25) is 5.91 Å². The van der Waals surface area contributed by atoms with Crippen molar-refractivity contribution in [1.29, 1.82) is 0 Å². The number of methoxy groups -OCH3 is 1. The molecule has 1 aromatic heterocycles. The van der Waals surface area contributed by atoms with E-state index in [1.54, 1.807) is 18.4 Å². The van der Waals surface area contributed by atoms with Gasteiger partial charge in [-0.25, -0.2) is 4.98 Å². The Kier molecular flexibility index (Phi) is 5.14. The molecule has 128 valence electrons. The van der Waals surface area contributed by atoms with Crippen LogP contribution in [0, 0.1) is 13.8 Å². The van der Waals surface area contributed by atoms with Gasteiger partial charge in [0.25, 0.3) is 0 Å². The normalized spacial score (nSPS) is 10.5. The monoisotopic (exact) mass is 352 g/mol. The average Bonchev–Trinajstić information content (AvgIpc) is 3.03. The van der Waals surface area contributed by atoms with Crippen molar-refractivity contribution < 1.29 is 9.53 Å². The number of rotatable bonds is 5. The summed E-state index contributed by atoms with van der Waals surface area (Å²) in [5, 5.41) is 5.78. The standard InChI is InChI=1S/C20H20N2O2S/c1-13-5-4-6-15(9-13)20-21-16(12-25-20)11-19(23)22-17-10-14(2)7-8-18(17)24-3/h4-10,12H,11H2,1-3H3,(H,22,23). The Morgan fingerprint density at radius 3 is 2.72 bits per heavy atom. The first-order valence-electron chi connectivity index (χ1n) is 8.01. The lowest BCUT2D eigenvalue weighted by molar-refractivity contribution is -0.115. The Balaban J connectivity index is 1.71. The second kappa shape index (κ2) is 7.49. The first-order valence-corrected chi connectivity index (χ1v) is 8.89. The topological polar surface area (TPSA) is 51.2 Å². The van der Waals surface area contributed by atoms with Gasteiger partial charge in [0.15, 0.2) is 0 Å². The largest absolute Gasteiger partial charge is 0.495 e. The molecule has 0 atom stereocenters. The van der Waals surface area contributed by atoms with E-state index in [9.17, 15) is 4.79 Å².